The third-order valence-corrected chi connectivity index (χ3v) is 5.84. The van der Waals surface area contributed by atoms with E-state index >= 15 is 0 Å². The topological polar surface area (TPSA) is 92.0 Å². The van der Waals surface area contributed by atoms with Gasteiger partial charge < -0.3 is 14.2 Å². The van der Waals surface area contributed by atoms with Crippen LogP contribution < -0.4 is 24.3 Å². The largest absolute Gasteiger partial charge is 0.490 e. The van der Waals surface area contributed by atoms with Gasteiger partial charge in [0.05, 0.1) is 23.3 Å². The maximum atomic E-state index is 13.0. The minimum atomic E-state index is -0.442. The molecule has 0 radical (unpaired) electrons. The fraction of sp³-hybridized carbons (Fsp3) is 0.280. The number of benzene rings is 2. The molecule has 0 aliphatic rings. The van der Waals surface area contributed by atoms with Crippen LogP contribution in [0.5, 0.6) is 17.2 Å². The molecule has 176 valence electrons. The lowest BCUT2D eigenvalue weighted by molar-refractivity contribution is -0.131. The Kier molecular flexibility index (Phi) is 7.22. The molecule has 4 rings (SSSR count). The first-order chi connectivity index (χ1) is 16.5. The third kappa shape index (κ3) is 5.09. The number of rotatable bonds is 9. The molecule has 0 amide bonds. The normalized spacial score (nSPS) is 11.7. The average molecular weight is 480 g/mol. The van der Waals surface area contributed by atoms with Gasteiger partial charge in [0.2, 0.25) is 4.96 Å². The van der Waals surface area contributed by atoms with Gasteiger partial charge in [0, 0.05) is 6.92 Å². The number of carbonyl (C=O) groups excluding carboxylic acids is 1. The summed E-state index contributed by atoms with van der Waals surface area (Å²) in [5.41, 5.74) is 1.08. The Morgan fingerprint density at radius 2 is 1.91 bits per heavy atom. The van der Waals surface area contributed by atoms with Gasteiger partial charge in [-0.15, -0.1) is 5.10 Å². The first-order valence-electron chi connectivity index (χ1n) is 11.1. The van der Waals surface area contributed by atoms with Crippen LogP contribution in [0.3, 0.4) is 0 Å². The molecule has 0 saturated heterocycles. The third-order valence-electron chi connectivity index (χ3n) is 4.88. The van der Waals surface area contributed by atoms with E-state index in [2.05, 4.69) is 17.0 Å². The highest BCUT2D eigenvalue weighted by Gasteiger charge is 2.16. The van der Waals surface area contributed by atoms with Gasteiger partial charge in [0.1, 0.15) is 5.75 Å². The maximum Gasteiger partial charge on any atom is 0.308 e. The van der Waals surface area contributed by atoms with E-state index in [1.54, 1.807) is 30.3 Å². The summed E-state index contributed by atoms with van der Waals surface area (Å²) in [7, 11) is 0. The van der Waals surface area contributed by atoms with Crippen molar-refractivity contribution >= 4 is 28.3 Å². The van der Waals surface area contributed by atoms with Crippen LogP contribution in [-0.4, -0.2) is 33.8 Å². The van der Waals surface area contributed by atoms with Gasteiger partial charge in [-0.05, 0) is 49.2 Å². The second kappa shape index (κ2) is 10.5. The molecule has 8 nitrogen and oxygen atoms in total. The zero-order valence-electron chi connectivity index (χ0n) is 19.2. The summed E-state index contributed by atoms with van der Waals surface area (Å²) in [5.74, 6) is 1.55. The molecule has 0 aliphatic carbocycles. The molecule has 0 unspecified atom stereocenters. The zero-order chi connectivity index (χ0) is 24.1. The second-order valence-corrected chi connectivity index (χ2v) is 8.49. The van der Waals surface area contributed by atoms with Crippen molar-refractivity contribution < 1.29 is 19.0 Å². The highest BCUT2D eigenvalue weighted by molar-refractivity contribution is 7.15. The summed E-state index contributed by atoms with van der Waals surface area (Å²) < 4.78 is 18.6. The van der Waals surface area contributed by atoms with Gasteiger partial charge in [0.15, 0.2) is 17.3 Å². The highest BCUT2D eigenvalue weighted by Crippen LogP contribution is 2.30. The quantitative estimate of drug-likeness (QED) is 0.204. The molecule has 0 saturated carbocycles. The van der Waals surface area contributed by atoms with E-state index in [-0.39, 0.29) is 5.56 Å². The summed E-state index contributed by atoms with van der Waals surface area (Å²) in [6.45, 7) is 6.49. The fourth-order valence-electron chi connectivity index (χ4n) is 3.32. The first kappa shape index (κ1) is 23.4. The Hall–Kier alpha value is -3.72. The van der Waals surface area contributed by atoms with E-state index in [0.717, 1.165) is 18.4 Å². The highest BCUT2D eigenvalue weighted by atomic mass is 32.1. The lowest BCUT2D eigenvalue weighted by Crippen LogP contribution is -2.23. The molecule has 0 fully saturated rings. The number of esters is 1. The molecular formula is C25H25N3O5S. The molecule has 9 heteroatoms. The van der Waals surface area contributed by atoms with Crippen LogP contribution in [0.2, 0.25) is 0 Å². The predicted octanol–water partition coefficient (Wildman–Crippen LogP) is 3.87. The molecule has 0 spiro atoms. The van der Waals surface area contributed by atoms with Gasteiger partial charge in [-0.1, -0.05) is 42.9 Å². The van der Waals surface area contributed by atoms with Crippen LogP contribution in [0.15, 0.2) is 47.3 Å². The molecule has 0 N–H and O–H groups in total. The molecule has 0 bridgehead atoms. The molecule has 0 aliphatic heterocycles. The monoisotopic (exact) mass is 479 g/mol. The van der Waals surface area contributed by atoms with Gasteiger partial charge in [-0.25, -0.2) is 0 Å². The van der Waals surface area contributed by atoms with Crippen LogP contribution in [0.1, 0.15) is 39.2 Å². The van der Waals surface area contributed by atoms with Crippen molar-refractivity contribution in [3.63, 3.8) is 0 Å². The van der Waals surface area contributed by atoms with Crippen molar-refractivity contribution in [2.45, 2.75) is 33.6 Å². The van der Waals surface area contributed by atoms with E-state index in [4.69, 9.17) is 14.2 Å². The molecule has 0 atom stereocenters. The smallest absolute Gasteiger partial charge is 0.308 e. The second-order valence-electron chi connectivity index (χ2n) is 7.48. The predicted molar refractivity (Wildman–Crippen MR) is 131 cm³/mol. The van der Waals surface area contributed by atoms with Gasteiger partial charge in [-0.3, -0.25) is 9.59 Å². The van der Waals surface area contributed by atoms with Gasteiger partial charge in [-0.2, -0.15) is 9.50 Å². The lowest BCUT2D eigenvalue weighted by atomic mass is 10.2. The summed E-state index contributed by atoms with van der Waals surface area (Å²) in [6.07, 6.45) is 3.80. The molecular weight excluding hydrogens is 454 g/mol. The van der Waals surface area contributed by atoms with Crippen LogP contribution in [0, 0.1) is 0 Å². The van der Waals surface area contributed by atoms with Crippen molar-refractivity contribution in [3.05, 3.63) is 62.9 Å². The van der Waals surface area contributed by atoms with Crippen LogP contribution in [-0.2, 0) is 4.79 Å². The van der Waals surface area contributed by atoms with Gasteiger partial charge >= 0.3 is 5.97 Å². The van der Waals surface area contributed by atoms with Crippen molar-refractivity contribution in [2.24, 2.45) is 0 Å². The zero-order valence-corrected chi connectivity index (χ0v) is 20.1. The lowest BCUT2D eigenvalue weighted by Gasteiger charge is -2.12. The fourth-order valence-corrected chi connectivity index (χ4v) is 4.23. The van der Waals surface area contributed by atoms with Crippen LogP contribution in [0.4, 0.5) is 0 Å². The van der Waals surface area contributed by atoms with E-state index in [1.165, 1.54) is 22.8 Å². The van der Waals surface area contributed by atoms with E-state index < -0.39 is 5.97 Å². The minimum Gasteiger partial charge on any atom is -0.490 e. The summed E-state index contributed by atoms with van der Waals surface area (Å²) in [4.78, 5) is 29.3. The first-order valence-corrected chi connectivity index (χ1v) is 11.9. The van der Waals surface area contributed by atoms with E-state index in [1.807, 2.05) is 25.1 Å². The minimum absolute atomic E-state index is 0.273. The number of ether oxygens (including phenoxy) is 3. The number of hydrogen-bond donors (Lipinski definition) is 0. The van der Waals surface area contributed by atoms with Crippen molar-refractivity contribution in [2.75, 3.05) is 13.2 Å². The average Bonchev–Trinajstić information content (AvgIpc) is 3.35. The molecule has 4 aromatic rings. The van der Waals surface area contributed by atoms with Crippen LogP contribution in [0.25, 0.3) is 22.4 Å². The number of hydrogen-bond acceptors (Lipinski definition) is 8. The molecule has 34 heavy (non-hydrogen) atoms. The van der Waals surface area contributed by atoms with E-state index in [0.29, 0.717) is 51.3 Å². The number of nitrogens with zero attached hydrogens (tertiary/aromatic N) is 3. The van der Waals surface area contributed by atoms with Crippen molar-refractivity contribution in [1.29, 1.82) is 0 Å². The Morgan fingerprint density at radius 3 is 2.65 bits per heavy atom. The number of fused-ring (bicyclic) bond motifs is 1. The standard InChI is InChI=1S/C25H25N3O5S/c1-4-6-13-32-20-12-11-17(14-21(20)31-5-2)15-22-24(30)28-25(34-22)26-23(27-28)18-9-7-8-10-19(18)33-16(3)29/h7-12,14-15H,4-6,13H2,1-3H3/b22-15-. The number of para-hydroxylation sites is 1. The number of carbonyl (C=O) groups is 1. The van der Waals surface area contributed by atoms with Crippen molar-refractivity contribution in [3.8, 4) is 28.6 Å². The molecule has 2 heterocycles. The Morgan fingerprint density at radius 1 is 1.09 bits per heavy atom. The van der Waals surface area contributed by atoms with E-state index in [9.17, 15) is 9.59 Å². The summed E-state index contributed by atoms with van der Waals surface area (Å²) >= 11 is 1.24. The number of unbranched alkanes of at least 4 members (excludes halogenated alkanes) is 1. The number of thiazole rings is 1. The van der Waals surface area contributed by atoms with Crippen LogP contribution >= 0.6 is 11.3 Å². The summed E-state index contributed by atoms with van der Waals surface area (Å²) in [6, 6.07) is 12.6. The molecule has 2 aromatic carbocycles. The SMILES string of the molecule is CCCCOc1ccc(/C=c2\sc3nc(-c4ccccc4OC(C)=O)nn3c2=O)cc1OCC. The Bertz CT molecular complexity index is 1430. The van der Waals surface area contributed by atoms with Crippen molar-refractivity contribution in [1.82, 2.24) is 14.6 Å². The number of aromatic nitrogens is 3. The Labute approximate surface area is 200 Å². The maximum absolute atomic E-state index is 13.0. The Balaban J connectivity index is 1.68. The molecule has 2 aromatic heterocycles. The van der Waals surface area contributed by atoms with Gasteiger partial charge in [0.25, 0.3) is 5.56 Å². The summed E-state index contributed by atoms with van der Waals surface area (Å²) in [5, 5.41) is 4.36.